The van der Waals surface area contributed by atoms with Crippen molar-refractivity contribution >= 4 is 55.1 Å². The highest BCUT2D eigenvalue weighted by atomic mass is 79.9. The molecule has 9 nitrogen and oxygen atoms in total. The fraction of sp³-hybridized carbons (Fsp3) is 0.242. The van der Waals surface area contributed by atoms with Crippen molar-refractivity contribution in [3.05, 3.63) is 105 Å². The Labute approximate surface area is 286 Å². The van der Waals surface area contributed by atoms with Crippen LogP contribution in [0.2, 0.25) is 10.0 Å². The van der Waals surface area contributed by atoms with Gasteiger partial charge < -0.3 is 23.8 Å². The summed E-state index contributed by atoms with van der Waals surface area (Å²) in [5, 5.41) is 0.454. The second-order valence-corrected chi connectivity index (χ2v) is 14.0. The van der Waals surface area contributed by atoms with Crippen LogP contribution in [0, 0.1) is 0 Å². The van der Waals surface area contributed by atoms with Crippen molar-refractivity contribution in [1.29, 1.82) is 0 Å². The number of carbonyl (C=O) groups excluding carboxylic acids is 1. The molecule has 0 spiro atoms. The van der Waals surface area contributed by atoms with Gasteiger partial charge in [0, 0.05) is 30.2 Å². The molecule has 1 amide bonds. The molecule has 1 aliphatic rings. The van der Waals surface area contributed by atoms with E-state index in [-0.39, 0.29) is 57.8 Å². The molecule has 0 N–H and O–H groups in total. The van der Waals surface area contributed by atoms with Crippen LogP contribution in [-0.2, 0) is 28.0 Å². The fourth-order valence-electron chi connectivity index (χ4n) is 4.62. The fourth-order valence-corrected chi connectivity index (χ4v) is 7.43. The highest BCUT2D eigenvalue weighted by Gasteiger charge is 2.33. The van der Waals surface area contributed by atoms with Gasteiger partial charge in [0.05, 0.1) is 30.8 Å². The minimum Gasteiger partial charge on any atom is -0.497 e. The third-order valence-corrected chi connectivity index (χ3v) is 10.1. The molecule has 1 aliphatic heterocycles. The molecule has 1 heterocycles. The van der Waals surface area contributed by atoms with Crippen LogP contribution in [0.3, 0.4) is 0 Å². The first-order valence-electron chi connectivity index (χ1n) is 14.2. The summed E-state index contributed by atoms with van der Waals surface area (Å²) >= 11 is 16.1. The van der Waals surface area contributed by atoms with E-state index in [0.717, 1.165) is 16.3 Å². The highest BCUT2D eigenvalue weighted by Crippen LogP contribution is 2.41. The molecule has 4 aromatic rings. The Morgan fingerprint density at radius 3 is 1.96 bits per heavy atom. The van der Waals surface area contributed by atoms with Crippen molar-refractivity contribution in [3.8, 4) is 28.7 Å². The number of sulfonamides is 1. The highest BCUT2D eigenvalue weighted by molar-refractivity contribution is 9.10. The Hall–Kier alpha value is -3.48. The minimum absolute atomic E-state index is 0.0702. The quantitative estimate of drug-likeness (QED) is 0.139. The first-order chi connectivity index (χ1) is 22.1. The third kappa shape index (κ3) is 8.08. The summed E-state index contributed by atoms with van der Waals surface area (Å²) in [6.07, 6.45) is 0.876. The maximum atomic E-state index is 14.5. The van der Waals surface area contributed by atoms with Crippen LogP contribution in [0.5, 0.6) is 28.7 Å². The van der Waals surface area contributed by atoms with Gasteiger partial charge in [0.2, 0.25) is 15.9 Å². The molecule has 0 atom stereocenters. The smallest absolute Gasteiger partial charge is 0.247 e. The van der Waals surface area contributed by atoms with E-state index in [4.69, 9.17) is 42.1 Å². The summed E-state index contributed by atoms with van der Waals surface area (Å²) < 4.78 is 53.5. The molecule has 5 rings (SSSR count). The standard InChI is InChI=1S/C33H31BrCl2N2O7S/c1-42-25-8-4-22(5-9-25)19-38(20-32(39)37-14-3-15-37)46(40,41)31-18-27(45-33-28(35)16-24(34)17-29(33)36)12-13-30(31)44-21-23-6-10-26(43-2)11-7-23/h4-13,16-18H,3,14-15,19-21H2,1-2H3. The predicted molar refractivity (Wildman–Crippen MR) is 180 cm³/mol. The predicted octanol–water partition coefficient (Wildman–Crippen LogP) is 7.57. The zero-order valence-electron chi connectivity index (χ0n) is 25.0. The van der Waals surface area contributed by atoms with Crippen molar-refractivity contribution in [2.75, 3.05) is 33.9 Å². The molecule has 1 fully saturated rings. The Bertz CT molecular complexity index is 1780. The lowest BCUT2D eigenvalue weighted by Crippen LogP contribution is -2.48. The Morgan fingerprint density at radius 2 is 1.41 bits per heavy atom. The number of carbonyl (C=O) groups is 1. The number of likely N-dealkylation sites (tertiary alicyclic amines) is 1. The van der Waals surface area contributed by atoms with Crippen LogP contribution in [0.4, 0.5) is 0 Å². The number of halogens is 3. The first kappa shape index (κ1) is 33.9. The van der Waals surface area contributed by atoms with Gasteiger partial charge >= 0.3 is 0 Å². The molecule has 0 bridgehead atoms. The maximum Gasteiger partial charge on any atom is 0.247 e. The zero-order valence-corrected chi connectivity index (χ0v) is 29.0. The average molecular weight is 750 g/mol. The number of ether oxygens (including phenoxy) is 4. The number of amides is 1. The molecule has 46 heavy (non-hydrogen) atoms. The molecule has 1 saturated heterocycles. The van der Waals surface area contributed by atoms with Crippen LogP contribution < -0.4 is 18.9 Å². The Balaban J connectivity index is 1.53. The molecular weight excluding hydrogens is 719 g/mol. The summed E-state index contributed by atoms with van der Waals surface area (Å²) in [5.74, 6) is 1.40. The average Bonchev–Trinajstić information content (AvgIpc) is 3.01. The van der Waals surface area contributed by atoms with Gasteiger partial charge in [-0.25, -0.2) is 8.42 Å². The lowest BCUT2D eigenvalue weighted by atomic mass is 10.2. The summed E-state index contributed by atoms with van der Waals surface area (Å²) in [4.78, 5) is 14.6. The number of hydrogen-bond acceptors (Lipinski definition) is 7. The third-order valence-electron chi connectivity index (χ3n) is 7.31. The lowest BCUT2D eigenvalue weighted by molar-refractivity contribution is -0.134. The number of benzene rings is 4. The van der Waals surface area contributed by atoms with E-state index in [2.05, 4.69) is 15.9 Å². The van der Waals surface area contributed by atoms with E-state index in [1.807, 2.05) is 12.1 Å². The van der Waals surface area contributed by atoms with Gasteiger partial charge in [0.15, 0.2) is 5.75 Å². The zero-order chi connectivity index (χ0) is 32.8. The van der Waals surface area contributed by atoms with Crippen LogP contribution in [0.15, 0.2) is 88.2 Å². The van der Waals surface area contributed by atoms with Crippen molar-refractivity contribution in [1.82, 2.24) is 9.21 Å². The molecule has 0 unspecified atom stereocenters. The van der Waals surface area contributed by atoms with E-state index in [9.17, 15) is 13.2 Å². The number of rotatable bonds is 13. The SMILES string of the molecule is COc1ccc(COc2ccc(Oc3c(Cl)cc(Br)cc3Cl)cc2S(=O)(=O)N(CC(=O)N2CCC2)Cc2ccc(OC)cc2)cc1. The van der Waals surface area contributed by atoms with Crippen molar-refractivity contribution in [2.45, 2.75) is 24.5 Å². The maximum absolute atomic E-state index is 14.5. The largest absolute Gasteiger partial charge is 0.497 e. The molecule has 242 valence electrons. The van der Waals surface area contributed by atoms with Crippen molar-refractivity contribution in [2.24, 2.45) is 0 Å². The molecule has 0 saturated carbocycles. The Morgan fingerprint density at radius 1 is 0.848 bits per heavy atom. The van der Waals surface area contributed by atoms with Gasteiger partial charge in [-0.2, -0.15) is 4.31 Å². The van der Waals surface area contributed by atoms with Crippen LogP contribution >= 0.6 is 39.1 Å². The van der Waals surface area contributed by atoms with E-state index in [0.29, 0.717) is 34.6 Å². The van der Waals surface area contributed by atoms with Gasteiger partial charge in [-0.1, -0.05) is 63.4 Å². The van der Waals surface area contributed by atoms with E-state index >= 15 is 0 Å². The molecule has 4 aromatic carbocycles. The first-order valence-corrected chi connectivity index (χ1v) is 17.2. The van der Waals surface area contributed by atoms with Crippen LogP contribution in [0.1, 0.15) is 17.5 Å². The summed E-state index contributed by atoms with van der Waals surface area (Å²) in [6, 6.07) is 21.9. The normalized spacial score (nSPS) is 12.9. The van der Waals surface area contributed by atoms with E-state index in [1.54, 1.807) is 73.7 Å². The second-order valence-electron chi connectivity index (χ2n) is 10.4. The molecule has 0 radical (unpaired) electrons. The topological polar surface area (TPSA) is 94.6 Å². The van der Waals surface area contributed by atoms with Crippen LogP contribution in [0.25, 0.3) is 0 Å². The van der Waals surface area contributed by atoms with Gasteiger partial charge in [-0.15, -0.1) is 0 Å². The molecule has 13 heteroatoms. The molecule has 0 aliphatic carbocycles. The van der Waals surface area contributed by atoms with Gasteiger partial charge in [-0.3, -0.25) is 4.79 Å². The Kier molecular flexibility index (Phi) is 11.0. The summed E-state index contributed by atoms with van der Waals surface area (Å²) in [6.45, 7) is 0.816. The molecular formula is C33H31BrCl2N2O7S. The summed E-state index contributed by atoms with van der Waals surface area (Å²) in [7, 11) is -1.23. The number of methoxy groups -OCH3 is 2. The van der Waals surface area contributed by atoms with Crippen molar-refractivity contribution in [3.63, 3.8) is 0 Å². The van der Waals surface area contributed by atoms with E-state index < -0.39 is 10.0 Å². The van der Waals surface area contributed by atoms with Gasteiger partial charge in [-0.05, 0) is 66.1 Å². The number of nitrogens with zero attached hydrogens (tertiary/aromatic N) is 2. The monoisotopic (exact) mass is 748 g/mol. The second kappa shape index (κ2) is 15.0. The van der Waals surface area contributed by atoms with Gasteiger partial charge in [0.25, 0.3) is 0 Å². The van der Waals surface area contributed by atoms with Crippen molar-refractivity contribution < 1.29 is 32.2 Å². The number of hydrogen-bond donors (Lipinski definition) is 0. The summed E-state index contributed by atoms with van der Waals surface area (Å²) in [5.41, 5.74) is 1.46. The van der Waals surface area contributed by atoms with Gasteiger partial charge in [0.1, 0.15) is 34.5 Å². The lowest BCUT2D eigenvalue weighted by Gasteiger charge is -2.33. The minimum atomic E-state index is -4.36. The van der Waals surface area contributed by atoms with Crippen LogP contribution in [-0.4, -0.2) is 57.4 Å². The van der Waals surface area contributed by atoms with E-state index in [1.165, 1.54) is 12.1 Å². The molecule has 0 aromatic heterocycles.